The van der Waals surface area contributed by atoms with Crippen LogP contribution >= 0.6 is 0 Å². The lowest BCUT2D eigenvalue weighted by Gasteiger charge is -2.13. The molecule has 0 saturated carbocycles. The number of anilines is 2. The van der Waals surface area contributed by atoms with E-state index >= 15 is 0 Å². The highest BCUT2D eigenvalue weighted by Crippen LogP contribution is 2.28. The first kappa shape index (κ1) is 18.8. The highest BCUT2D eigenvalue weighted by Gasteiger charge is 2.16. The van der Waals surface area contributed by atoms with E-state index in [0.29, 0.717) is 17.1 Å². The highest BCUT2D eigenvalue weighted by molar-refractivity contribution is 7.92. The lowest BCUT2D eigenvalue weighted by Crippen LogP contribution is -2.13. The van der Waals surface area contributed by atoms with E-state index in [0.717, 1.165) is 5.56 Å². The van der Waals surface area contributed by atoms with Gasteiger partial charge in [0.2, 0.25) is 0 Å². The number of ether oxygens (including phenoxy) is 1. The number of nitriles is 2. The molecule has 8 heteroatoms. The molecule has 0 radical (unpaired) electrons. The minimum atomic E-state index is -3.80. The van der Waals surface area contributed by atoms with Crippen molar-refractivity contribution in [2.24, 2.45) is 0 Å². The van der Waals surface area contributed by atoms with Crippen LogP contribution in [0.1, 0.15) is 5.56 Å². The molecule has 7 nitrogen and oxygen atoms in total. The van der Waals surface area contributed by atoms with Gasteiger partial charge in [0.05, 0.1) is 17.7 Å². The Kier molecular flexibility index (Phi) is 5.84. The molecule has 0 aliphatic carbocycles. The monoisotopic (exact) mass is 368 g/mol. The van der Waals surface area contributed by atoms with Gasteiger partial charge in [0.1, 0.15) is 23.5 Å². The second-order valence-electron chi connectivity index (χ2n) is 5.26. The average molecular weight is 368 g/mol. The van der Waals surface area contributed by atoms with E-state index in [9.17, 15) is 8.42 Å². The Morgan fingerprint density at radius 2 is 1.77 bits per heavy atom. The summed E-state index contributed by atoms with van der Waals surface area (Å²) in [6, 6.07) is 14.5. The molecule has 26 heavy (non-hydrogen) atoms. The molecule has 0 bridgehead atoms. The minimum absolute atomic E-state index is 0.0661. The second-order valence-corrected chi connectivity index (χ2v) is 6.94. The van der Waals surface area contributed by atoms with Gasteiger partial charge in [0.25, 0.3) is 10.0 Å². The molecule has 0 fully saturated rings. The van der Waals surface area contributed by atoms with Gasteiger partial charge in [0.15, 0.2) is 0 Å². The molecule has 132 valence electrons. The number of sulfonamides is 1. The molecule has 0 heterocycles. The lowest BCUT2D eigenvalue weighted by molar-refractivity contribution is 0.417. The van der Waals surface area contributed by atoms with Crippen molar-refractivity contribution in [2.75, 3.05) is 17.1 Å². The predicted octanol–water partition coefficient (Wildman–Crippen LogP) is 3.15. The molecule has 2 N–H and O–H groups in total. The fourth-order valence-corrected chi connectivity index (χ4v) is 3.14. The number of aryl methyl sites for hydroxylation is 1. The third-order valence-corrected chi connectivity index (χ3v) is 4.77. The third-order valence-electron chi connectivity index (χ3n) is 3.39. The summed E-state index contributed by atoms with van der Waals surface area (Å²) in [5.41, 5.74) is 1.70. The van der Waals surface area contributed by atoms with E-state index in [1.54, 1.807) is 24.3 Å². The molecule has 2 rings (SSSR count). The Hall–Kier alpha value is -3.49. The summed E-state index contributed by atoms with van der Waals surface area (Å²) in [6.07, 6.45) is 1.25. The SMILES string of the molecule is COc1ccc(C)cc1NS(=O)(=O)c1ccc(NC=C(C#N)C#N)cc1. The second kappa shape index (κ2) is 8.06. The van der Waals surface area contributed by atoms with Crippen molar-refractivity contribution in [3.05, 3.63) is 59.8 Å². The van der Waals surface area contributed by atoms with E-state index in [1.165, 1.54) is 37.6 Å². The maximum Gasteiger partial charge on any atom is 0.262 e. The summed E-state index contributed by atoms with van der Waals surface area (Å²) in [5.74, 6) is 0.420. The first-order chi connectivity index (χ1) is 12.4. The maximum atomic E-state index is 12.6. The van der Waals surface area contributed by atoms with Gasteiger partial charge in [0, 0.05) is 11.9 Å². The summed E-state index contributed by atoms with van der Waals surface area (Å²) in [5, 5.41) is 20.1. The van der Waals surface area contributed by atoms with Crippen LogP contribution in [0.15, 0.2) is 59.1 Å². The number of methoxy groups -OCH3 is 1. The Balaban J connectivity index is 2.23. The van der Waals surface area contributed by atoms with Gasteiger partial charge in [-0.15, -0.1) is 0 Å². The van der Waals surface area contributed by atoms with Gasteiger partial charge in [-0.3, -0.25) is 4.72 Å². The van der Waals surface area contributed by atoms with Gasteiger partial charge in [-0.05, 0) is 48.9 Å². The van der Waals surface area contributed by atoms with Crippen molar-refractivity contribution in [3.63, 3.8) is 0 Å². The van der Waals surface area contributed by atoms with Crippen LogP contribution in [-0.2, 0) is 10.0 Å². The maximum absolute atomic E-state index is 12.6. The van der Waals surface area contributed by atoms with Crippen molar-refractivity contribution in [1.82, 2.24) is 0 Å². The fraction of sp³-hybridized carbons (Fsp3) is 0.111. The van der Waals surface area contributed by atoms with Gasteiger partial charge >= 0.3 is 0 Å². The third kappa shape index (κ3) is 4.53. The molecule has 0 amide bonds. The average Bonchev–Trinajstić information content (AvgIpc) is 2.63. The van der Waals surface area contributed by atoms with E-state index < -0.39 is 10.0 Å². The van der Waals surface area contributed by atoms with E-state index in [-0.39, 0.29) is 10.5 Å². The standard InChI is InChI=1S/C18H16N4O3S/c1-13-3-8-18(25-2)17(9-13)22-26(23,24)16-6-4-15(5-7-16)21-12-14(10-19)11-20/h3-9,12,21-22H,1-2H3. The number of nitrogens with zero attached hydrogens (tertiary/aromatic N) is 2. The van der Waals surface area contributed by atoms with Crippen LogP contribution in [0.4, 0.5) is 11.4 Å². The largest absolute Gasteiger partial charge is 0.495 e. The van der Waals surface area contributed by atoms with Crippen LogP contribution in [0.2, 0.25) is 0 Å². The number of rotatable bonds is 6. The smallest absolute Gasteiger partial charge is 0.262 e. The number of benzene rings is 2. The molecule has 0 saturated heterocycles. The van der Waals surface area contributed by atoms with Crippen molar-refractivity contribution in [3.8, 4) is 17.9 Å². The Labute approximate surface area is 152 Å². The van der Waals surface area contributed by atoms with E-state index in [4.69, 9.17) is 15.3 Å². The van der Waals surface area contributed by atoms with E-state index in [1.807, 2.05) is 13.0 Å². The van der Waals surface area contributed by atoms with Crippen LogP contribution in [0.3, 0.4) is 0 Å². The van der Waals surface area contributed by atoms with Gasteiger partial charge in [-0.25, -0.2) is 8.42 Å². The molecule has 0 aromatic heterocycles. The van der Waals surface area contributed by atoms with Crippen LogP contribution in [0.5, 0.6) is 5.75 Å². The van der Waals surface area contributed by atoms with E-state index in [2.05, 4.69) is 10.0 Å². The minimum Gasteiger partial charge on any atom is -0.495 e. The zero-order valence-electron chi connectivity index (χ0n) is 14.1. The van der Waals surface area contributed by atoms with Crippen molar-refractivity contribution < 1.29 is 13.2 Å². The quantitative estimate of drug-likeness (QED) is 0.757. The molecule has 0 aliphatic rings. The topological polar surface area (TPSA) is 115 Å². The lowest BCUT2D eigenvalue weighted by atomic mass is 10.2. The first-order valence-electron chi connectivity index (χ1n) is 7.44. The van der Waals surface area contributed by atoms with Gasteiger partial charge in [-0.2, -0.15) is 10.5 Å². The molecule has 2 aromatic carbocycles. The molecular formula is C18H16N4O3S. The predicted molar refractivity (Wildman–Crippen MR) is 97.9 cm³/mol. The molecule has 0 aliphatic heterocycles. The molecule has 0 atom stereocenters. The number of allylic oxidation sites excluding steroid dienone is 1. The number of hydrogen-bond donors (Lipinski definition) is 2. The summed E-state index contributed by atoms with van der Waals surface area (Å²) < 4.78 is 32.8. The van der Waals surface area contributed by atoms with Crippen LogP contribution in [0, 0.1) is 29.6 Å². The molecule has 0 unspecified atom stereocenters. The Morgan fingerprint density at radius 3 is 2.35 bits per heavy atom. The summed E-state index contributed by atoms with van der Waals surface area (Å²) in [4.78, 5) is 0.0661. The highest BCUT2D eigenvalue weighted by atomic mass is 32.2. The van der Waals surface area contributed by atoms with Crippen molar-refractivity contribution >= 4 is 21.4 Å². The summed E-state index contributed by atoms with van der Waals surface area (Å²) in [7, 11) is -2.33. The molecular weight excluding hydrogens is 352 g/mol. The Bertz CT molecular complexity index is 998. The van der Waals surface area contributed by atoms with Crippen molar-refractivity contribution in [1.29, 1.82) is 10.5 Å². The van der Waals surface area contributed by atoms with Crippen LogP contribution in [-0.4, -0.2) is 15.5 Å². The summed E-state index contributed by atoms with van der Waals surface area (Å²) in [6.45, 7) is 1.85. The van der Waals surface area contributed by atoms with Crippen LogP contribution < -0.4 is 14.8 Å². The molecule has 2 aromatic rings. The first-order valence-corrected chi connectivity index (χ1v) is 8.92. The zero-order valence-corrected chi connectivity index (χ0v) is 15.0. The van der Waals surface area contributed by atoms with Crippen LogP contribution in [0.25, 0.3) is 0 Å². The van der Waals surface area contributed by atoms with Gasteiger partial charge < -0.3 is 10.1 Å². The summed E-state index contributed by atoms with van der Waals surface area (Å²) >= 11 is 0. The number of nitrogens with one attached hydrogen (secondary N) is 2. The van der Waals surface area contributed by atoms with Crippen molar-refractivity contribution in [2.45, 2.75) is 11.8 Å². The van der Waals surface area contributed by atoms with Gasteiger partial charge in [-0.1, -0.05) is 6.07 Å². The fourth-order valence-electron chi connectivity index (χ4n) is 2.08. The normalized spacial score (nSPS) is 10.2. The molecule has 0 spiro atoms. The zero-order chi connectivity index (χ0) is 19.2. The Morgan fingerprint density at radius 1 is 1.12 bits per heavy atom. The number of hydrogen-bond acceptors (Lipinski definition) is 6.